The van der Waals surface area contributed by atoms with Crippen LogP contribution >= 0.6 is 15.9 Å². The smallest absolute Gasteiger partial charge is 0.261 e. The Balaban J connectivity index is 2.58. The van der Waals surface area contributed by atoms with Crippen molar-refractivity contribution in [1.29, 1.82) is 0 Å². The van der Waals surface area contributed by atoms with E-state index in [9.17, 15) is 9.59 Å². The lowest BCUT2D eigenvalue weighted by Gasteiger charge is -2.13. The number of aryl methyl sites for hydroxylation is 1. The topological polar surface area (TPSA) is 62.0 Å². The number of aromatic amines is 1. The molecule has 0 saturated carbocycles. The quantitative estimate of drug-likeness (QED) is 0.744. The molecule has 0 unspecified atom stereocenters. The molecule has 1 atom stereocenters. The molecule has 0 aliphatic heterocycles. The van der Waals surface area contributed by atoms with Crippen molar-refractivity contribution >= 4 is 21.8 Å². The van der Waals surface area contributed by atoms with Gasteiger partial charge < -0.3 is 10.3 Å². The Hall–Kier alpha value is -1.10. The third-order valence-corrected chi connectivity index (χ3v) is 4.11. The number of pyridine rings is 1. The summed E-state index contributed by atoms with van der Waals surface area (Å²) in [6.45, 7) is 5.93. The van der Waals surface area contributed by atoms with E-state index in [1.165, 1.54) is 19.3 Å². The lowest BCUT2D eigenvalue weighted by Crippen LogP contribution is -2.36. The van der Waals surface area contributed by atoms with Gasteiger partial charge in [-0.15, -0.1) is 0 Å². The molecular weight excluding hydrogens is 320 g/mol. The summed E-state index contributed by atoms with van der Waals surface area (Å²) in [5.41, 5.74) is 0.531. The van der Waals surface area contributed by atoms with Gasteiger partial charge in [0.25, 0.3) is 11.5 Å². The number of amides is 1. The first kappa shape index (κ1) is 17.0. The van der Waals surface area contributed by atoms with E-state index in [0.29, 0.717) is 0 Å². The standard InChI is InChI=1S/C15H23BrN2O2/c1-4-5-6-7-8-10(2)17-14(19)12-9-13(16)11(3)18-15(12)20/h9-10H,4-8H2,1-3H3,(H,17,19)(H,18,20)/t10-/m1/s1. The largest absolute Gasteiger partial charge is 0.349 e. The zero-order chi connectivity index (χ0) is 15.1. The summed E-state index contributed by atoms with van der Waals surface area (Å²) in [5, 5.41) is 2.88. The zero-order valence-corrected chi connectivity index (χ0v) is 14.0. The Labute approximate surface area is 128 Å². The third kappa shape index (κ3) is 5.12. The molecule has 0 aliphatic rings. The van der Waals surface area contributed by atoms with Crippen LogP contribution in [0.1, 0.15) is 62.0 Å². The summed E-state index contributed by atoms with van der Waals surface area (Å²) in [6, 6.07) is 1.66. The predicted molar refractivity (Wildman–Crippen MR) is 85.2 cm³/mol. The Kier molecular flexibility index (Phi) is 6.99. The first-order valence-electron chi connectivity index (χ1n) is 7.16. The van der Waals surface area contributed by atoms with Crippen molar-refractivity contribution in [3.8, 4) is 0 Å². The SMILES string of the molecule is CCCCCC[C@@H](C)NC(=O)c1cc(Br)c(C)[nH]c1=O. The fourth-order valence-electron chi connectivity index (χ4n) is 2.02. The van der Waals surface area contributed by atoms with Gasteiger partial charge in [-0.05, 0) is 42.3 Å². The maximum atomic E-state index is 12.1. The van der Waals surface area contributed by atoms with E-state index in [1.807, 2.05) is 6.92 Å². The van der Waals surface area contributed by atoms with Gasteiger partial charge in [0.2, 0.25) is 0 Å². The van der Waals surface area contributed by atoms with Crippen LogP contribution in [0, 0.1) is 6.92 Å². The minimum Gasteiger partial charge on any atom is -0.349 e. The molecule has 112 valence electrons. The fraction of sp³-hybridized carbons (Fsp3) is 0.600. The third-order valence-electron chi connectivity index (χ3n) is 3.29. The van der Waals surface area contributed by atoms with E-state index in [1.54, 1.807) is 13.0 Å². The Morgan fingerprint density at radius 1 is 1.40 bits per heavy atom. The first-order chi connectivity index (χ1) is 9.45. The van der Waals surface area contributed by atoms with Crippen LogP contribution in [0.2, 0.25) is 0 Å². The first-order valence-corrected chi connectivity index (χ1v) is 7.95. The lowest BCUT2D eigenvalue weighted by molar-refractivity contribution is 0.0936. The van der Waals surface area contributed by atoms with E-state index in [2.05, 4.69) is 33.2 Å². The molecule has 0 spiro atoms. The van der Waals surface area contributed by atoms with Crippen LogP contribution in [0.15, 0.2) is 15.3 Å². The van der Waals surface area contributed by atoms with E-state index in [0.717, 1.165) is 23.0 Å². The van der Waals surface area contributed by atoms with Crippen molar-refractivity contribution in [3.05, 3.63) is 32.2 Å². The highest BCUT2D eigenvalue weighted by Gasteiger charge is 2.14. The molecule has 0 saturated heterocycles. The number of carbonyl (C=O) groups excluding carboxylic acids is 1. The molecule has 5 heteroatoms. The molecule has 2 N–H and O–H groups in total. The second-order valence-corrected chi connectivity index (χ2v) is 6.06. The van der Waals surface area contributed by atoms with Gasteiger partial charge in [0.1, 0.15) is 5.56 Å². The maximum absolute atomic E-state index is 12.1. The molecule has 1 aromatic rings. The molecule has 0 aromatic carbocycles. The lowest BCUT2D eigenvalue weighted by atomic mass is 10.1. The fourth-order valence-corrected chi connectivity index (χ4v) is 2.35. The number of H-pyrrole nitrogens is 1. The van der Waals surface area contributed by atoms with Crippen LogP contribution in [-0.4, -0.2) is 16.9 Å². The number of hydrogen-bond acceptors (Lipinski definition) is 2. The number of carbonyl (C=O) groups is 1. The van der Waals surface area contributed by atoms with E-state index in [4.69, 9.17) is 0 Å². The van der Waals surface area contributed by atoms with Crippen molar-refractivity contribution in [2.45, 2.75) is 58.9 Å². The Morgan fingerprint density at radius 3 is 2.75 bits per heavy atom. The Bertz CT molecular complexity index is 511. The second kappa shape index (κ2) is 8.25. The minimum absolute atomic E-state index is 0.0823. The number of rotatable bonds is 7. The highest BCUT2D eigenvalue weighted by atomic mass is 79.9. The van der Waals surface area contributed by atoms with Crippen LogP contribution in [0.25, 0.3) is 0 Å². The highest BCUT2D eigenvalue weighted by Crippen LogP contribution is 2.13. The predicted octanol–water partition coefficient (Wildman–Crippen LogP) is 3.53. The van der Waals surface area contributed by atoms with Gasteiger partial charge in [-0.3, -0.25) is 9.59 Å². The average Bonchev–Trinajstić information content (AvgIpc) is 2.38. The van der Waals surface area contributed by atoms with E-state index in [-0.39, 0.29) is 23.1 Å². The van der Waals surface area contributed by atoms with Crippen LogP contribution in [0.4, 0.5) is 0 Å². The van der Waals surface area contributed by atoms with Crippen molar-refractivity contribution in [2.24, 2.45) is 0 Å². The monoisotopic (exact) mass is 342 g/mol. The molecule has 0 bridgehead atoms. The summed E-state index contributed by atoms with van der Waals surface area (Å²) >= 11 is 3.32. The van der Waals surface area contributed by atoms with E-state index < -0.39 is 0 Å². The second-order valence-electron chi connectivity index (χ2n) is 5.21. The van der Waals surface area contributed by atoms with Crippen LogP contribution in [0.5, 0.6) is 0 Å². The molecule has 0 fully saturated rings. The minimum atomic E-state index is -0.346. The molecule has 1 amide bonds. The normalized spacial score (nSPS) is 12.2. The average molecular weight is 343 g/mol. The van der Waals surface area contributed by atoms with Crippen LogP contribution < -0.4 is 10.9 Å². The van der Waals surface area contributed by atoms with Crippen molar-refractivity contribution in [3.63, 3.8) is 0 Å². The number of aromatic nitrogens is 1. The molecule has 1 rings (SSSR count). The number of nitrogens with one attached hydrogen (secondary N) is 2. The molecule has 4 nitrogen and oxygen atoms in total. The molecule has 0 aliphatic carbocycles. The molecule has 20 heavy (non-hydrogen) atoms. The maximum Gasteiger partial charge on any atom is 0.261 e. The number of unbranched alkanes of at least 4 members (excludes halogenated alkanes) is 3. The van der Waals surface area contributed by atoms with Crippen molar-refractivity contribution in [1.82, 2.24) is 10.3 Å². The van der Waals surface area contributed by atoms with Crippen molar-refractivity contribution < 1.29 is 4.79 Å². The summed E-state index contributed by atoms with van der Waals surface area (Å²) < 4.78 is 0.734. The number of hydrogen-bond donors (Lipinski definition) is 2. The molecule has 0 radical (unpaired) electrons. The zero-order valence-electron chi connectivity index (χ0n) is 12.4. The van der Waals surface area contributed by atoms with Crippen LogP contribution in [0.3, 0.4) is 0 Å². The van der Waals surface area contributed by atoms with Gasteiger partial charge in [0.15, 0.2) is 0 Å². The molecule has 1 aromatic heterocycles. The van der Waals surface area contributed by atoms with Gasteiger partial charge in [-0.2, -0.15) is 0 Å². The van der Waals surface area contributed by atoms with E-state index >= 15 is 0 Å². The van der Waals surface area contributed by atoms with Gasteiger partial charge >= 0.3 is 0 Å². The van der Waals surface area contributed by atoms with Gasteiger partial charge in [-0.25, -0.2) is 0 Å². The molecular formula is C15H23BrN2O2. The van der Waals surface area contributed by atoms with Crippen LogP contribution in [-0.2, 0) is 0 Å². The Morgan fingerprint density at radius 2 is 2.10 bits per heavy atom. The van der Waals surface area contributed by atoms with Gasteiger partial charge in [0, 0.05) is 16.2 Å². The van der Waals surface area contributed by atoms with Crippen molar-refractivity contribution in [2.75, 3.05) is 0 Å². The summed E-state index contributed by atoms with van der Waals surface area (Å²) in [7, 11) is 0. The molecule has 1 heterocycles. The summed E-state index contributed by atoms with van der Waals surface area (Å²) in [6.07, 6.45) is 5.66. The highest BCUT2D eigenvalue weighted by molar-refractivity contribution is 9.10. The number of halogens is 1. The summed E-state index contributed by atoms with van der Waals surface area (Å²) in [5.74, 6) is -0.310. The summed E-state index contributed by atoms with van der Waals surface area (Å²) in [4.78, 5) is 26.5. The van der Waals surface area contributed by atoms with Gasteiger partial charge in [-0.1, -0.05) is 32.6 Å². The van der Waals surface area contributed by atoms with Gasteiger partial charge in [0.05, 0.1) is 0 Å².